The topological polar surface area (TPSA) is 80.1 Å². The van der Waals surface area contributed by atoms with Gasteiger partial charge in [0.05, 0.1) is 22.8 Å². The summed E-state index contributed by atoms with van der Waals surface area (Å²) >= 11 is 0. The lowest BCUT2D eigenvalue weighted by Gasteiger charge is -2.27. The number of amides is 2. The molecule has 4 aromatic rings. The Morgan fingerprint density at radius 2 is 1.88 bits per heavy atom. The number of carbonyl (C=O) groups excluding carboxylic acids is 2. The number of nitrogens with one attached hydrogen (secondary N) is 1. The highest BCUT2D eigenvalue weighted by Gasteiger charge is 2.28. The summed E-state index contributed by atoms with van der Waals surface area (Å²) in [5.41, 5.74) is 3.90. The van der Waals surface area contributed by atoms with Crippen LogP contribution >= 0.6 is 0 Å². The molecule has 5 rings (SSSR count). The van der Waals surface area contributed by atoms with Crippen molar-refractivity contribution in [2.24, 2.45) is 0 Å². The highest BCUT2D eigenvalue weighted by molar-refractivity contribution is 6.00. The van der Waals surface area contributed by atoms with Crippen LogP contribution in [0.25, 0.3) is 11.0 Å². The van der Waals surface area contributed by atoms with Crippen molar-refractivity contribution in [3.63, 3.8) is 0 Å². The Balaban J connectivity index is 1.37. The molecule has 0 unspecified atom stereocenters. The van der Waals surface area contributed by atoms with E-state index in [-0.39, 0.29) is 17.9 Å². The molecule has 0 bridgehead atoms. The fourth-order valence-electron chi connectivity index (χ4n) is 4.07. The van der Waals surface area contributed by atoms with Gasteiger partial charge in [-0.2, -0.15) is 0 Å². The minimum atomic E-state index is -0.220. The minimum absolute atomic E-state index is 0.0916. The molecule has 2 aromatic heterocycles. The molecule has 32 heavy (non-hydrogen) atoms. The van der Waals surface area contributed by atoms with Gasteiger partial charge in [0.1, 0.15) is 0 Å². The highest BCUT2D eigenvalue weighted by Crippen LogP contribution is 2.23. The van der Waals surface area contributed by atoms with Crippen LogP contribution in [0, 0.1) is 0 Å². The molecule has 0 fully saturated rings. The van der Waals surface area contributed by atoms with E-state index in [1.807, 2.05) is 71.0 Å². The monoisotopic (exact) mass is 425 g/mol. The van der Waals surface area contributed by atoms with Gasteiger partial charge in [0.2, 0.25) is 0 Å². The average Bonchev–Trinajstić information content (AvgIpc) is 3.21. The van der Waals surface area contributed by atoms with E-state index >= 15 is 0 Å². The number of hydrogen-bond donors (Lipinski definition) is 1. The second-order valence-electron chi connectivity index (χ2n) is 7.95. The van der Waals surface area contributed by atoms with Crippen molar-refractivity contribution in [3.8, 4) is 0 Å². The van der Waals surface area contributed by atoms with Crippen molar-refractivity contribution in [1.29, 1.82) is 0 Å². The fourth-order valence-corrected chi connectivity index (χ4v) is 4.07. The number of benzene rings is 2. The Labute approximate surface area is 185 Å². The molecule has 0 saturated heterocycles. The van der Waals surface area contributed by atoms with Crippen LogP contribution in [0.4, 0.5) is 0 Å². The van der Waals surface area contributed by atoms with E-state index in [1.165, 1.54) is 0 Å². The number of carbonyl (C=O) groups is 2. The third-order valence-electron chi connectivity index (χ3n) is 5.78. The molecule has 3 heterocycles. The maximum atomic E-state index is 13.1. The van der Waals surface area contributed by atoms with Gasteiger partial charge in [-0.05, 0) is 42.8 Å². The summed E-state index contributed by atoms with van der Waals surface area (Å²) in [5, 5.41) is 2.97. The quantitative estimate of drug-likeness (QED) is 0.530. The Morgan fingerprint density at radius 1 is 1.06 bits per heavy atom. The predicted octanol–water partition coefficient (Wildman–Crippen LogP) is 3.58. The normalized spacial score (nSPS) is 14.3. The molecule has 0 spiro atoms. The van der Waals surface area contributed by atoms with Crippen LogP contribution in [-0.4, -0.2) is 37.8 Å². The zero-order chi connectivity index (χ0) is 22.1. The second kappa shape index (κ2) is 8.26. The molecular formula is C25H23N5O2. The first-order valence-corrected chi connectivity index (χ1v) is 10.7. The number of hydrogen-bond acceptors (Lipinski definition) is 4. The first-order chi connectivity index (χ1) is 15.6. The summed E-state index contributed by atoms with van der Waals surface area (Å²) in [4.78, 5) is 36.6. The minimum Gasteiger partial charge on any atom is -0.344 e. The summed E-state index contributed by atoms with van der Waals surface area (Å²) in [7, 11) is 0. The molecule has 2 amide bonds. The van der Waals surface area contributed by atoms with Crippen LogP contribution in [0.1, 0.15) is 45.2 Å². The van der Waals surface area contributed by atoms with Gasteiger partial charge in [-0.25, -0.2) is 4.98 Å². The molecule has 7 heteroatoms. The fraction of sp³-hybridized carbons (Fsp3) is 0.200. The molecule has 0 aliphatic carbocycles. The molecule has 1 atom stereocenters. The van der Waals surface area contributed by atoms with E-state index in [0.29, 0.717) is 36.5 Å². The molecule has 1 aliphatic heterocycles. The van der Waals surface area contributed by atoms with Crippen LogP contribution in [0.5, 0.6) is 0 Å². The number of nitrogens with zero attached hydrogens (tertiary/aromatic N) is 4. The van der Waals surface area contributed by atoms with E-state index in [1.54, 1.807) is 18.3 Å². The third kappa shape index (κ3) is 3.73. The van der Waals surface area contributed by atoms with Crippen LogP contribution in [0.15, 0.2) is 72.9 Å². The van der Waals surface area contributed by atoms with Gasteiger partial charge in [-0.1, -0.05) is 36.4 Å². The Kier molecular flexibility index (Phi) is 5.15. The van der Waals surface area contributed by atoms with Crippen LogP contribution < -0.4 is 5.32 Å². The van der Waals surface area contributed by atoms with Crippen molar-refractivity contribution >= 4 is 22.8 Å². The van der Waals surface area contributed by atoms with Gasteiger partial charge in [0.25, 0.3) is 11.8 Å². The van der Waals surface area contributed by atoms with Crippen molar-refractivity contribution in [2.45, 2.75) is 26.1 Å². The maximum absolute atomic E-state index is 13.1. The molecule has 1 aliphatic rings. The summed E-state index contributed by atoms with van der Waals surface area (Å²) in [5.74, 6) is 0.126. The lowest BCUT2D eigenvalue weighted by molar-refractivity contribution is 0.0685. The Bertz CT molecular complexity index is 1280. The van der Waals surface area contributed by atoms with Gasteiger partial charge in [0, 0.05) is 31.4 Å². The maximum Gasteiger partial charge on any atom is 0.290 e. The van der Waals surface area contributed by atoms with Gasteiger partial charge in [-0.3, -0.25) is 14.6 Å². The molecule has 7 nitrogen and oxygen atoms in total. The number of rotatable bonds is 5. The molecule has 2 aromatic carbocycles. The molecule has 0 saturated carbocycles. The van der Waals surface area contributed by atoms with E-state index in [0.717, 1.165) is 16.8 Å². The molecule has 1 N–H and O–H groups in total. The van der Waals surface area contributed by atoms with E-state index < -0.39 is 0 Å². The lowest BCUT2D eigenvalue weighted by Crippen LogP contribution is -2.39. The summed E-state index contributed by atoms with van der Waals surface area (Å²) in [6.45, 7) is 3.75. The highest BCUT2D eigenvalue weighted by atomic mass is 16.2. The van der Waals surface area contributed by atoms with Crippen LogP contribution in [-0.2, 0) is 13.1 Å². The van der Waals surface area contributed by atoms with Crippen molar-refractivity contribution in [3.05, 3.63) is 95.6 Å². The zero-order valence-corrected chi connectivity index (χ0v) is 17.7. The zero-order valence-electron chi connectivity index (χ0n) is 17.7. The van der Waals surface area contributed by atoms with Gasteiger partial charge in [0.15, 0.2) is 5.82 Å². The first kappa shape index (κ1) is 19.9. The van der Waals surface area contributed by atoms with Gasteiger partial charge < -0.3 is 14.8 Å². The predicted molar refractivity (Wildman–Crippen MR) is 121 cm³/mol. The number of pyridine rings is 1. The van der Waals surface area contributed by atoms with Gasteiger partial charge >= 0.3 is 0 Å². The van der Waals surface area contributed by atoms with E-state index in [4.69, 9.17) is 0 Å². The summed E-state index contributed by atoms with van der Waals surface area (Å²) in [6, 6.07) is 20.7. The Hall–Kier alpha value is -4.00. The molecule has 0 radical (unpaired) electrons. The third-order valence-corrected chi connectivity index (χ3v) is 5.78. The summed E-state index contributed by atoms with van der Waals surface area (Å²) < 4.78 is 1.94. The lowest BCUT2D eigenvalue weighted by atomic mass is 10.1. The van der Waals surface area contributed by atoms with Crippen molar-refractivity contribution < 1.29 is 9.59 Å². The van der Waals surface area contributed by atoms with Crippen molar-refractivity contribution in [1.82, 2.24) is 24.8 Å². The number of fused-ring (bicyclic) bond motifs is 3. The SMILES string of the molecule is C[C@@H](NC(=O)c1ccc2c(c1)nc1n2CCN(Cc2ccccc2)C1=O)c1ccccn1. The molecular weight excluding hydrogens is 402 g/mol. The van der Waals surface area contributed by atoms with Crippen LogP contribution in [0.3, 0.4) is 0 Å². The second-order valence-corrected chi connectivity index (χ2v) is 7.95. The smallest absolute Gasteiger partial charge is 0.290 e. The van der Waals surface area contributed by atoms with Crippen LogP contribution in [0.2, 0.25) is 0 Å². The summed E-state index contributed by atoms with van der Waals surface area (Å²) in [6.07, 6.45) is 1.71. The van der Waals surface area contributed by atoms with E-state index in [9.17, 15) is 9.59 Å². The van der Waals surface area contributed by atoms with Gasteiger partial charge in [-0.15, -0.1) is 0 Å². The van der Waals surface area contributed by atoms with E-state index in [2.05, 4.69) is 15.3 Å². The first-order valence-electron chi connectivity index (χ1n) is 10.7. The number of aromatic nitrogens is 3. The largest absolute Gasteiger partial charge is 0.344 e. The average molecular weight is 425 g/mol. The Morgan fingerprint density at radius 3 is 2.66 bits per heavy atom. The number of imidazole rings is 1. The van der Waals surface area contributed by atoms with Crippen molar-refractivity contribution in [2.75, 3.05) is 6.54 Å². The standard InChI is InChI=1S/C25H23N5O2/c1-17(20-9-5-6-12-26-20)27-24(31)19-10-11-22-21(15-19)28-23-25(32)29(13-14-30(22)23)16-18-7-3-2-4-8-18/h2-12,15,17H,13-14,16H2,1H3,(H,27,31)/t17-/m1/s1. The molecule has 160 valence electrons.